The van der Waals surface area contributed by atoms with Crippen LogP contribution in [0.5, 0.6) is 11.5 Å². The number of aromatic nitrogens is 4. The molecule has 0 saturated carbocycles. The number of alkyl halides is 3. The van der Waals surface area contributed by atoms with Gasteiger partial charge in [-0.15, -0.1) is 5.10 Å². The van der Waals surface area contributed by atoms with Crippen LogP contribution in [0.1, 0.15) is 5.56 Å². The zero-order valence-electron chi connectivity index (χ0n) is 13.2. The highest BCUT2D eigenvalue weighted by Crippen LogP contribution is 2.25. The molecule has 0 bridgehead atoms. The summed E-state index contributed by atoms with van der Waals surface area (Å²) in [5.41, 5.74) is 1.58. The van der Waals surface area contributed by atoms with Gasteiger partial charge in [-0.1, -0.05) is 23.9 Å². The van der Waals surface area contributed by atoms with Gasteiger partial charge >= 0.3 is 6.18 Å². The third kappa shape index (κ3) is 4.88. The normalized spacial score (nSPS) is 11.5. The van der Waals surface area contributed by atoms with Crippen molar-refractivity contribution < 1.29 is 23.0 Å². The minimum absolute atomic E-state index is 0.142. The van der Waals surface area contributed by atoms with Gasteiger partial charge in [0.15, 0.2) is 6.61 Å². The van der Waals surface area contributed by atoms with Crippen molar-refractivity contribution in [2.75, 3.05) is 6.61 Å². The van der Waals surface area contributed by atoms with E-state index in [0.717, 1.165) is 5.56 Å². The Balaban J connectivity index is 1.61. The van der Waals surface area contributed by atoms with E-state index in [4.69, 9.17) is 0 Å². The summed E-state index contributed by atoms with van der Waals surface area (Å²) in [5.74, 6) is 0.826. The van der Waals surface area contributed by atoms with E-state index in [-0.39, 0.29) is 11.5 Å². The first-order chi connectivity index (χ1) is 12.4. The van der Waals surface area contributed by atoms with Crippen molar-refractivity contribution in [2.24, 2.45) is 0 Å². The second-order valence-electron chi connectivity index (χ2n) is 5.23. The van der Waals surface area contributed by atoms with E-state index < -0.39 is 12.8 Å². The quantitative estimate of drug-likeness (QED) is 0.657. The number of benzene rings is 2. The maximum absolute atomic E-state index is 12.1. The molecule has 0 radical (unpaired) electrons. The largest absolute Gasteiger partial charge is 0.508 e. The van der Waals surface area contributed by atoms with Crippen molar-refractivity contribution in [1.82, 2.24) is 20.2 Å². The maximum Gasteiger partial charge on any atom is 0.422 e. The summed E-state index contributed by atoms with van der Waals surface area (Å²) < 4.78 is 42.6. The summed E-state index contributed by atoms with van der Waals surface area (Å²) in [6.07, 6.45) is -4.36. The van der Waals surface area contributed by atoms with E-state index in [1.165, 1.54) is 40.7 Å². The van der Waals surface area contributed by atoms with Crippen LogP contribution in [-0.2, 0) is 5.75 Å². The summed E-state index contributed by atoms with van der Waals surface area (Å²) in [6, 6.07) is 12.8. The molecule has 0 aliphatic heterocycles. The molecule has 0 aliphatic carbocycles. The molecule has 3 aromatic rings. The zero-order chi connectivity index (χ0) is 18.6. The van der Waals surface area contributed by atoms with Gasteiger partial charge in [0.2, 0.25) is 5.16 Å². The van der Waals surface area contributed by atoms with Gasteiger partial charge in [-0.25, -0.2) is 0 Å². The molecule has 1 aromatic heterocycles. The van der Waals surface area contributed by atoms with Crippen molar-refractivity contribution in [3.63, 3.8) is 0 Å². The number of thioether (sulfide) groups is 1. The average molecular weight is 382 g/mol. The molecule has 1 N–H and O–H groups in total. The van der Waals surface area contributed by atoms with E-state index >= 15 is 0 Å². The predicted molar refractivity (Wildman–Crippen MR) is 88.4 cm³/mol. The Kier molecular flexibility index (Phi) is 5.31. The Labute approximate surface area is 150 Å². The van der Waals surface area contributed by atoms with Crippen molar-refractivity contribution in [3.05, 3.63) is 54.1 Å². The Morgan fingerprint density at radius 1 is 1.04 bits per heavy atom. The fourth-order valence-corrected chi connectivity index (χ4v) is 2.87. The van der Waals surface area contributed by atoms with Gasteiger partial charge in [-0.2, -0.15) is 17.9 Å². The molecule has 0 saturated heterocycles. The number of hydrogen-bond acceptors (Lipinski definition) is 6. The predicted octanol–water partition coefficient (Wildman–Crippen LogP) is 3.60. The van der Waals surface area contributed by atoms with Crippen LogP contribution < -0.4 is 4.74 Å². The standard InChI is InChI=1S/C16H13F3N4O2S/c17-16(18,19)10-25-14-7-1-11(2-8-14)9-26-15-20-21-22-23(15)12-3-5-13(24)6-4-12/h1-8,24H,9-10H2. The number of phenolic OH excluding ortho intramolecular Hbond substituents is 1. The molecule has 1 heterocycles. The zero-order valence-corrected chi connectivity index (χ0v) is 14.0. The Hall–Kier alpha value is -2.75. The Morgan fingerprint density at radius 3 is 2.38 bits per heavy atom. The second kappa shape index (κ2) is 7.65. The molecule has 10 heteroatoms. The molecular formula is C16H13F3N4O2S. The second-order valence-corrected chi connectivity index (χ2v) is 6.17. The van der Waals surface area contributed by atoms with Crippen LogP contribution in [0, 0.1) is 0 Å². The molecule has 3 rings (SSSR count). The summed E-state index contributed by atoms with van der Waals surface area (Å²) >= 11 is 1.37. The van der Waals surface area contributed by atoms with Crippen LogP contribution in [0.2, 0.25) is 0 Å². The third-order valence-corrected chi connectivity index (χ3v) is 4.22. The fourth-order valence-electron chi connectivity index (χ4n) is 2.02. The van der Waals surface area contributed by atoms with E-state index in [2.05, 4.69) is 20.3 Å². The van der Waals surface area contributed by atoms with Gasteiger partial charge in [0.25, 0.3) is 0 Å². The van der Waals surface area contributed by atoms with Crippen LogP contribution in [0.25, 0.3) is 5.69 Å². The molecule has 26 heavy (non-hydrogen) atoms. The van der Waals surface area contributed by atoms with Crippen molar-refractivity contribution in [2.45, 2.75) is 17.1 Å². The number of hydrogen-bond donors (Lipinski definition) is 1. The lowest BCUT2D eigenvalue weighted by Crippen LogP contribution is -2.19. The minimum Gasteiger partial charge on any atom is -0.508 e. The molecule has 2 aromatic carbocycles. The minimum atomic E-state index is -4.36. The van der Waals surface area contributed by atoms with Gasteiger partial charge < -0.3 is 9.84 Å². The monoisotopic (exact) mass is 382 g/mol. The topological polar surface area (TPSA) is 73.1 Å². The van der Waals surface area contributed by atoms with E-state index in [9.17, 15) is 18.3 Å². The molecule has 0 spiro atoms. The summed E-state index contributed by atoms with van der Waals surface area (Å²) in [6.45, 7) is -1.32. The van der Waals surface area contributed by atoms with Crippen LogP contribution in [0.15, 0.2) is 53.7 Å². The van der Waals surface area contributed by atoms with Gasteiger partial charge in [0.05, 0.1) is 5.69 Å². The number of phenols is 1. The summed E-state index contributed by atoms with van der Waals surface area (Å²) in [5, 5.41) is 21.4. The average Bonchev–Trinajstić information content (AvgIpc) is 3.07. The summed E-state index contributed by atoms with van der Waals surface area (Å²) in [7, 11) is 0. The van der Waals surface area contributed by atoms with Gasteiger partial charge in [-0.05, 0) is 52.4 Å². The first-order valence-corrected chi connectivity index (χ1v) is 8.38. The lowest BCUT2D eigenvalue weighted by atomic mass is 10.2. The lowest BCUT2D eigenvalue weighted by Gasteiger charge is -2.09. The van der Waals surface area contributed by atoms with Crippen molar-refractivity contribution in [1.29, 1.82) is 0 Å². The number of rotatable bonds is 6. The number of tetrazole rings is 1. The Bertz CT molecular complexity index is 851. The first-order valence-electron chi connectivity index (χ1n) is 7.40. The number of aromatic hydroxyl groups is 1. The summed E-state index contributed by atoms with van der Waals surface area (Å²) in [4.78, 5) is 0. The lowest BCUT2D eigenvalue weighted by molar-refractivity contribution is -0.153. The third-order valence-electron chi connectivity index (χ3n) is 3.23. The number of halogens is 3. The van der Waals surface area contributed by atoms with E-state index in [1.807, 2.05) is 0 Å². The first kappa shape index (κ1) is 18.1. The van der Waals surface area contributed by atoms with E-state index in [1.54, 1.807) is 24.3 Å². The highest BCUT2D eigenvalue weighted by molar-refractivity contribution is 7.98. The molecule has 0 amide bonds. The van der Waals surface area contributed by atoms with Gasteiger partial charge in [-0.3, -0.25) is 0 Å². The molecule has 0 unspecified atom stereocenters. The van der Waals surface area contributed by atoms with Crippen molar-refractivity contribution in [3.8, 4) is 17.2 Å². The fraction of sp³-hybridized carbons (Fsp3) is 0.188. The SMILES string of the molecule is Oc1ccc(-n2nnnc2SCc2ccc(OCC(F)(F)F)cc2)cc1. The van der Waals surface area contributed by atoms with Crippen molar-refractivity contribution >= 4 is 11.8 Å². The number of ether oxygens (including phenoxy) is 1. The van der Waals surface area contributed by atoms with E-state index in [0.29, 0.717) is 16.6 Å². The molecule has 0 fully saturated rings. The van der Waals surface area contributed by atoms with Crippen LogP contribution in [0.3, 0.4) is 0 Å². The highest BCUT2D eigenvalue weighted by Gasteiger charge is 2.28. The molecule has 0 aliphatic rings. The smallest absolute Gasteiger partial charge is 0.422 e. The number of nitrogens with zero attached hydrogens (tertiary/aromatic N) is 4. The van der Waals surface area contributed by atoms with Gasteiger partial charge in [0.1, 0.15) is 11.5 Å². The van der Waals surface area contributed by atoms with Crippen LogP contribution >= 0.6 is 11.8 Å². The Morgan fingerprint density at radius 2 is 1.73 bits per heavy atom. The molecule has 6 nitrogen and oxygen atoms in total. The molecule has 0 atom stereocenters. The van der Waals surface area contributed by atoms with Crippen LogP contribution in [-0.4, -0.2) is 38.1 Å². The highest BCUT2D eigenvalue weighted by atomic mass is 32.2. The van der Waals surface area contributed by atoms with Gasteiger partial charge in [0, 0.05) is 5.75 Å². The maximum atomic E-state index is 12.1. The van der Waals surface area contributed by atoms with Crippen LogP contribution in [0.4, 0.5) is 13.2 Å². The molecular weight excluding hydrogens is 369 g/mol. The molecule has 136 valence electrons.